The molecule has 3 N–H and O–H groups in total. The summed E-state index contributed by atoms with van der Waals surface area (Å²) in [6.07, 6.45) is 2.39. The van der Waals surface area contributed by atoms with Gasteiger partial charge in [-0.2, -0.15) is 0 Å². The summed E-state index contributed by atoms with van der Waals surface area (Å²) in [4.78, 5) is 13.1. The van der Waals surface area contributed by atoms with Crippen LogP contribution in [0.5, 0.6) is 0 Å². The van der Waals surface area contributed by atoms with Crippen molar-refractivity contribution >= 4 is 10.0 Å². The summed E-state index contributed by atoms with van der Waals surface area (Å²) < 4.78 is 25.8. The largest absolute Gasteiger partial charge is 0.391 e. The van der Waals surface area contributed by atoms with Crippen LogP contribution >= 0.6 is 0 Å². The molecule has 6 nitrogen and oxygen atoms in total. The van der Waals surface area contributed by atoms with E-state index in [2.05, 4.69) is 9.71 Å². The number of nitrogens with one attached hydrogen (secondary N) is 2. The zero-order chi connectivity index (χ0) is 12.5. The summed E-state index contributed by atoms with van der Waals surface area (Å²) in [5.74, 6) is 0.216. The number of sulfonamides is 1. The predicted octanol–water partition coefficient (Wildman–Crippen LogP) is -0.576. The van der Waals surface area contributed by atoms with Crippen LogP contribution in [-0.4, -0.2) is 31.2 Å². The summed E-state index contributed by atoms with van der Waals surface area (Å²) in [7, 11) is -3.66. The topological polar surface area (TPSA) is 99.3 Å². The molecular formula is C10H14N2O4S. The number of aromatic nitrogens is 1. The van der Waals surface area contributed by atoms with Gasteiger partial charge in [0.25, 0.3) is 0 Å². The molecule has 0 saturated heterocycles. The first-order valence-electron chi connectivity index (χ1n) is 5.35. The van der Waals surface area contributed by atoms with Gasteiger partial charge < -0.3 is 10.1 Å². The average molecular weight is 258 g/mol. The van der Waals surface area contributed by atoms with Crippen molar-refractivity contribution in [1.82, 2.24) is 9.71 Å². The van der Waals surface area contributed by atoms with E-state index in [1.807, 2.05) is 0 Å². The number of hydrogen-bond donors (Lipinski definition) is 3. The monoisotopic (exact) mass is 258 g/mol. The molecule has 1 aromatic heterocycles. The fourth-order valence-corrected chi connectivity index (χ4v) is 2.51. The van der Waals surface area contributed by atoms with Crippen LogP contribution in [0.25, 0.3) is 0 Å². The lowest BCUT2D eigenvalue weighted by Crippen LogP contribution is -2.33. The molecule has 1 unspecified atom stereocenters. The Morgan fingerprint density at radius 2 is 2.18 bits per heavy atom. The van der Waals surface area contributed by atoms with Crippen LogP contribution in [0.15, 0.2) is 28.0 Å². The molecule has 0 spiro atoms. The Labute approximate surface area is 98.7 Å². The maximum atomic E-state index is 11.7. The van der Waals surface area contributed by atoms with E-state index in [0.717, 1.165) is 25.1 Å². The Balaban J connectivity index is 2.02. The SMILES string of the molecule is O=c1ccc(S(=O)(=O)NCC(O)C2CC2)c[nH]1. The Kier molecular flexibility index (Phi) is 3.32. The van der Waals surface area contributed by atoms with Gasteiger partial charge in [0.1, 0.15) is 0 Å². The first-order valence-corrected chi connectivity index (χ1v) is 6.84. The van der Waals surface area contributed by atoms with Gasteiger partial charge in [-0.25, -0.2) is 13.1 Å². The van der Waals surface area contributed by atoms with Gasteiger partial charge in [0.15, 0.2) is 0 Å². The summed E-state index contributed by atoms with van der Waals surface area (Å²) in [6, 6.07) is 2.37. The van der Waals surface area contributed by atoms with Gasteiger partial charge in [-0.15, -0.1) is 0 Å². The highest BCUT2D eigenvalue weighted by molar-refractivity contribution is 7.89. The van der Waals surface area contributed by atoms with Crippen molar-refractivity contribution in [2.24, 2.45) is 5.92 Å². The molecule has 0 aliphatic heterocycles. The number of aromatic amines is 1. The highest BCUT2D eigenvalue weighted by Crippen LogP contribution is 2.32. The van der Waals surface area contributed by atoms with E-state index < -0.39 is 16.1 Å². The van der Waals surface area contributed by atoms with E-state index in [-0.39, 0.29) is 22.9 Å². The first kappa shape index (κ1) is 12.3. The van der Waals surface area contributed by atoms with Crippen LogP contribution in [0, 0.1) is 5.92 Å². The van der Waals surface area contributed by atoms with E-state index in [1.54, 1.807) is 0 Å². The van der Waals surface area contributed by atoms with E-state index in [9.17, 15) is 18.3 Å². The molecule has 1 aliphatic rings. The summed E-state index contributed by atoms with van der Waals surface area (Å²) in [5, 5.41) is 9.56. The lowest BCUT2D eigenvalue weighted by atomic mass is 10.2. The molecule has 7 heteroatoms. The second-order valence-corrected chi connectivity index (χ2v) is 5.91. The van der Waals surface area contributed by atoms with Gasteiger partial charge >= 0.3 is 0 Å². The van der Waals surface area contributed by atoms with Crippen molar-refractivity contribution in [2.45, 2.75) is 23.8 Å². The molecule has 1 fully saturated rings. The smallest absolute Gasteiger partial charge is 0.247 e. The van der Waals surface area contributed by atoms with Crippen LogP contribution in [0.3, 0.4) is 0 Å². The number of rotatable bonds is 5. The van der Waals surface area contributed by atoms with Gasteiger partial charge in [0.05, 0.1) is 11.0 Å². The van der Waals surface area contributed by atoms with Crippen molar-refractivity contribution < 1.29 is 13.5 Å². The molecule has 0 aromatic carbocycles. The number of pyridine rings is 1. The average Bonchev–Trinajstić information content (AvgIpc) is 3.10. The van der Waals surface area contributed by atoms with Crippen LogP contribution in [0.2, 0.25) is 0 Å². The first-order chi connectivity index (χ1) is 7.99. The maximum absolute atomic E-state index is 11.7. The van der Waals surface area contributed by atoms with E-state index in [1.165, 1.54) is 6.07 Å². The third-order valence-corrected chi connectivity index (χ3v) is 4.14. The third kappa shape index (κ3) is 3.15. The van der Waals surface area contributed by atoms with Crippen LogP contribution in [0.1, 0.15) is 12.8 Å². The Hall–Kier alpha value is -1.18. The van der Waals surface area contributed by atoms with E-state index in [4.69, 9.17) is 0 Å². The van der Waals surface area contributed by atoms with E-state index in [0.29, 0.717) is 0 Å². The predicted molar refractivity (Wildman–Crippen MR) is 61.0 cm³/mol. The van der Waals surface area contributed by atoms with E-state index >= 15 is 0 Å². The molecule has 94 valence electrons. The Morgan fingerprint density at radius 3 is 2.71 bits per heavy atom. The molecule has 1 saturated carbocycles. The van der Waals surface area contributed by atoms with Crippen molar-refractivity contribution in [3.05, 3.63) is 28.7 Å². The number of H-pyrrole nitrogens is 1. The van der Waals surface area contributed by atoms with Gasteiger partial charge in [0.2, 0.25) is 15.6 Å². The number of hydrogen-bond acceptors (Lipinski definition) is 4. The van der Waals surface area contributed by atoms with Gasteiger partial charge in [-0.1, -0.05) is 0 Å². The molecule has 1 atom stereocenters. The maximum Gasteiger partial charge on any atom is 0.247 e. The number of aliphatic hydroxyl groups is 1. The minimum atomic E-state index is -3.66. The molecule has 1 aliphatic carbocycles. The minimum Gasteiger partial charge on any atom is -0.391 e. The molecule has 1 heterocycles. The molecule has 17 heavy (non-hydrogen) atoms. The molecule has 0 radical (unpaired) electrons. The zero-order valence-corrected chi connectivity index (χ0v) is 9.90. The normalized spacial score (nSPS) is 17.9. The second kappa shape index (κ2) is 4.59. The van der Waals surface area contributed by atoms with Crippen molar-refractivity contribution in [2.75, 3.05) is 6.54 Å². The van der Waals surface area contributed by atoms with Crippen LogP contribution < -0.4 is 10.3 Å². The van der Waals surface area contributed by atoms with Crippen molar-refractivity contribution in [3.8, 4) is 0 Å². The van der Waals surface area contributed by atoms with Crippen molar-refractivity contribution in [3.63, 3.8) is 0 Å². The fourth-order valence-electron chi connectivity index (χ4n) is 1.49. The van der Waals surface area contributed by atoms with Crippen LogP contribution in [-0.2, 0) is 10.0 Å². The Morgan fingerprint density at radius 1 is 1.47 bits per heavy atom. The van der Waals surface area contributed by atoms with Gasteiger partial charge in [0, 0.05) is 18.8 Å². The number of aliphatic hydroxyl groups excluding tert-OH is 1. The summed E-state index contributed by atoms with van der Waals surface area (Å²) >= 11 is 0. The molecule has 1 aromatic rings. The van der Waals surface area contributed by atoms with Crippen molar-refractivity contribution in [1.29, 1.82) is 0 Å². The minimum absolute atomic E-state index is 0.00608. The zero-order valence-electron chi connectivity index (χ0n) is 9.09. The third-order valence-electron chi connectivity index (χ3n) is 2.71. The molecule has 2 rings (SSSR count). The van der Waals surface area contributed by atoms with Crippen LogP contribution in [0.4, 0.5) is 0 Å². The quantitative estimate of drug-likeness (QED) is 0.658. The molecular weight excluding hydrogens is 244 g/mol. The lowest BCUT2D eigenvalue weighted by molar-refractivity contribution is 0.155. The fraction of sp³-hybridized carbons (Fsp3) is 0.500. The lowest BCUT2D eigenvalue weighted by Gasteiger charge is -2.10. The summed E-state index contributed by atoms with van der Waals surface area (Å²) in [6.45, 7) is 0.00608. The molecule has 0 bridgehead atoms. The Bertz CT molecular complexity index is 527. The van der Waals surface area contributed by atoms with Gasteiger partial charge in [-0.05, 0) is 24.8 Å². The molecule has 0 amide bonds. The standard InChI is InChI=1S/C10H14N2O4S/c13-9(7-1-2-7)6-12-17(15,16)8-3-4-10(14)11-5-8/h3-5,7,9,12-13H,1-2,6H2,(H,11,14). The highest BCUT2D eigenvalue weighted by Gasteiger charge is 2.30. The summed E-state index contributed by atoms with van der Waals surface area (Å²) in [5.41, 5.74) is -0.359. The van der Waals surface area contributed by atoms with Gasteiger partial charge in [-0.3, -0.25) is 4.79 Å². The highest BCUT2D eigenvalue weighted by atomic mass is 32.2. The second-order valence-electron chi connectivity index (χ2n) is 4.15.